The van der Waals surface area contributed by atoms with Crippen LogP contribution in [-0.2, 0) is 0 Å². The number of para-hydroxylation sites is 4. The number of benzene rings is 6. The second-order valence-electron chi connectivity index (χ2n) is 11.1. The Kier molecular flexibility index (Phi) is 5.47. The summed E-state index contributed by atoms with van der Waals surface area (Å²) in [5.41, 5.74) is 10.4. The van der Waals surface area contributed by atoms with Gasteiger partial charge in [0.1, 0.15) is 11.2 Å². The van der Waals surface area contributed by atoms with E-state index in [1.54, 1.807) is 0 Å². The number of rotatable bonds is 4. The van der Waals surface area contributed by atoms with E-state index in [0.717, 1.165) is 66.4 Å². The molecule has 0 radical (unpaired) electrons. The van der Waals surface area contributed by atoms with Gasteiger partial charge in [-0.25, -0.2) is 9.97 Å². The first-order valence-corrected chi connectivity index (χ1v) is 14.7. The Balaban J connectivity index is 1.22. The van der Waals surface area contributed by atoms with Crippen LogP contribution in [0, 0.1) is 0 Å². The maximum absolute atomic E-state index is 6.43. The summed E-state index contributed by atoms with van der Waals surface area (Å²) in [7, 11) is 0. The van der Waals surface area contributed by atoms with E-state index in [2.05, 4.69) is 126 Å². The van der Waals surface area contributed by atoms with Gasteiger partial charge in [0.25, 0.3) is 0 Å². The molecule has 0 aliphatic heterocycles. The lowest BCUT2D eigenvalue weighted by molar-refractivity contribution is 0.670. The highest BCUT2D eigenvalue weighted by molar-refractivity contribution is 6.10. The van der Waals surface area contributed by atoms with Crippen molar-refractivity contribution in [2.45, 2.75) is 0 Å². The summed E-state index contributed by atoms with van der Waals surface area (Å²) >= 11 is 0. The van der Waals surface area contributed by atoms with Gasteiger partial charge in [0.2, 0.25) is 5.95 Å². The lowest BCUT2D eigenvalue weighted by Gasteiger charge is -2.12. The predicted molar refractivity (Wildman–Crippen MR) is 180 cm³/mol. The van der Waals surface area contributed by atoms with Crippen molar-refractivity contribution in [1.29, 1.82) is 0 Å². The molecule has 0 aliphatic rings. The summed E-state index contributed by atoms with van der Waals surface area (Å²) in [6.07, 6.45) is 3.86. The molecular formula is C40H25N3O. The number of fused-ring (bicyclic) bond motifs is 6. The Morgan fingerprint density at radius 3 is 1.73 bits per heavy atom. The van der Waals surface area contributed by atoms with E-state index in [-0.39, 0.29) is 0 Å². The number of hydrogen-bond donors (Lipinski definition) is 0. The lowest BCUT2D eigenvalue weighted by atomic mass is 9.93. The quantitative estimate of drug-likeness (QED) is 0.214. The topological polar surface area (TPSA) is 43.9 Å². The molecule has 0 aliphatic carbocycles. The Morgan fingerprint density at radius 2 is 1.00 bits per heavy atom. The minimum atomic E-state index is 0.651. The molecule has 0 bridgehead atoms. The minimum Gasteiger partial charge on any atom is -0.455 e. The third-order valence-corrected chi connectivity index (χ3v) is 8.51. The number of aromatic nitrogens is 3. The summed E-state index contributed by atoms with van der Waals surface area (Å²) in [6, 6.07) is 48.6. The third-order valence-electron chi connectivity index (χ3n) is 8.51. The second-order valence-corrected chi connectivity index (χ2v) is 11.1. The van der Waals surface area contributed by atoms with Crippen molar-refractivity contribution in [2.24, 2.45) is 0 Å². The molecule has 0 spiro atoms. The van der Waals surface area contributed by atoms with Gasteiger partial charge >= 0.3 is 0 Å². The van der Waals surface area contributed by atoms with Crippen molar-refractivity contribution >= 4 is 43.7 Å². The van der Waals surface area contributed by atoms with Crippen molar-refractivity contribution in [1.82, 2.24) is 14.5 Å². The van der Waals surface area contributed by atoms with E-state index in [1.807, 2.05) is 30.6 Å². The van der Waals surface area contributed by atoms with Gasteiger partial charge < -0.3 is 4.42 Å². The van der Waals surface area contributed by atoms with Gasteiger partial charge in [-0.2, -0.15) is 0 Å². The van der Waals surface area contributed by atoms with Crippen LogP contribution < -0.4 is 0 Å². The van der Waals surface area contributed by atoms with E-state index in [0.29, 0.717) is 5.95 Å². The largest absolute Gasteiger partial charge is 0.455 e. The average Bonchev–Trinajstić information content (AvgIpc) is 3.65. The van der Waals surface area contributed by atoms with Crippen LogP contribution in [0.15, 0.2) is 156 Å². The van der Waals surface area contributed by atoms with Crippen LogP contribution >= 0.6 is 0 Å². The molecule has 9 rings (SSSR count). The highest BCUT2D eigenvalue weighted by Crippen LogP contribution is 2.39. The molecule has 0 saturated heterocycles. The molecule has 3 heterocycles. The van der Waals surface area contributed by atoms with Gasteiger partial charge in [0.15, 0.2) is 0 Å². The molecule has 206 valence electrons. The predicted octanol–water partition coefficient (Wildman–Crippen LogP) is 10.5. The fraction of sp³-hybridized carbons (Fsp3) is 0. The van der Waals surface area contributed by atoms with Crippen molar-refractivity contribution in [3.63, 3.8) is 0 Å². The van der Waals surface area contributed by atoms with Gasteiger partial charge in [0.05, 0.1) is 11.0 Å². The van der Waals surface area contributed by atoms with Gasteiger partial charge in [-0.15, -0.1) is 0 Å². The van der Waals surface area contributed by atoms with Crippen LogP contribution in [0.4, 0.5) is 0 Å². The third kappa shape index (κ3) is 3.85. The Bertz CT molecular complexity index is 2430. The summed E-state index contributed by atoms with van der Waals surface area (Å²) in [5, 5.41) is 4.62. The zero-order valence-electron chi connectivity index (χ0n) is 23.7. The summed E-state index contributed by atoms with van der Waals surface area (Å²) in [4.78, 5) is 9.83. The normalized spacial score (nSPS) is 11.6. The smallest absolute Gasteiger partial charge is 0.234 e. The Morgan fingerprint density at radius 1 is 0.432 bits per heavy atom. The van der Waals surface area contributed by atoms with Crippen molar-refractivity contribution in [2.75, 3.05) is 0 Å². The monoisotopic (exact) mass is 563 g/mol. The zero-order chi connectivity index (χ0) is 29.0. The van der Waals surface area contributed by atoms with Crippen LogP contribution in [0.3, 0.4) is 0 Å². The molecule has 44 heavy (non-hydrogen) atoms. The van der Waals surface area contributed by atoms with Crippen molar-refractivity contribution < 1.29 is 4.42 Å². The first-order chi connectivity index (χ1) is 21.8. The van der Waals surface area contributed by atoms with Crippen molar-refractivity contribution in [3.8, 4) is 39.3 Å². The standard InChI is InChI=1S/C40H25N3O/c1-2-11-26(12-3-1)27-21-28(23-29(22-27)31-16-10-17-35-34-15-6-9-20-38(34)44-39(31)35)30-24-41-40(42-25-30)43-36-18-7-4-13-32(36)33-14-5-8-19-37(33)43/h1-25H. The highest BCUT2D eigenvalue weighted by atomic mass is 16.3. The minimum absolute atomic E-state index is 0.651. The molecule has 0 unspecified atom stereocenters. The van der Waals surface area contributed by atoms with E-state index >= 15 is 0 Å². The van der Waals surface area contributed by atoms with Crippen LogP contribution in [0.2, 0.25) is 0 Å². The average molecular weight is 564 g/mol. The SMILES string of the molecule is c1ccc(-c2cc(-c3cnc(-n4c5ccccc5c5ccccc54)nc3)cc(-c3cccc4c3oc3ccccc34)c2)cc1. The van der Waals surface area contributed by atoms with Crippen molar-refractivity contribution in [3.05, 3.63) is 152 Å². The molecule has 6 aromatic carbocycles. The number of hydrogen-bond acceptors (Lipinski definition) is 3. The molecule has 4 nitrogen and oxygen atoms in total. The van der Waals surface area contributed by atoms with E-state index < -0.39 is 0 Å². The molecule has 0 atom stereocenters. The molecule has 4 heteroatoms. The summed E-state index contributed by atoms with van der Waals surface area (Å²) in [5.74, 6) is 0.651. The summed E-state index contributed by atoms with van der Waals surface area (Å²) in [6.45, 7) is 0. The van der Waals surface area contributed by atoms with Crippen LogP contribution in [0.5, 0.6) is 0 Å². The zero-order valence-corrected chi connectivity index (χ0v) is 23.7. The van der Waals surface area contributed by atoms with Gasteiger partial charge in [-0.1, -0.05) is 103 Å². The maximum Gasteiger partial charge on any atom is 0.234 e. The molecule has 0 saturated carbocycles. The molecular weight excluding hydrogens is 538 g/mol. The second kappa shape index (κ2) is 9.79. The Labute approximate surface area is 253 Å². The van der Waals surface area contributed by atoms with Gasteiger partial charge in [0, 0.05) is 45.1 Å². The maximum atomic E-state index is 6.43. The first-order valence-electron chi connectivity index (χ1n) is 14.7. The molecule has 9 aromatic rings. The van der Waals surface area contributed by atoms with E-state index in [9.17, 15) is 0 Å². The van der Waals surface area contributed by atoms with Crippen LogP contribution in [0.25, 0.3) is 83.1 Å². The van der Waals surface area contributed by atoms with E-state index in [4.69, 9.17) is 14.4 Å². The van der Waals surface area contributed by atoms with Gasteiger partial charge in [-0.3, -0.25) is 4.57 Å². The lowest BCUT2D eigenvalue weighted by Crippen LogP contribution is -2.00. The molecule has 0 fully saturated rings. The van der Waals surface area contributed by atoms with Crippen LogP contribution in [-0.4, -0.2) is 14.5 Å². The highest BCUT2D eigenvalue weighted by Gasteiger charge is 2.16. The molecule has 0 N–H and O–H groups in total. The fourth-order valence-corrected chi connectivity index (χ4v) is 6.45. The molecule has 3 aromatic heterocycles. The first kappa shape index (κ1) is 24.6. The van der Waals surface area contributed by atoms with Gasteiger partial charge in [-0.05, 0) is 58.7 Å². The molecule has 0 amide bonds. The Hall–Kier alpha value is -6.00. The summed E-state index contributed by atoms with van der Waals surface area (Å²) < 4.78 is 8.57. The van der Waals surface area contributed by atoms with Crippen LogP contribution in [0.1, 0.15) is 0 Å². The number of nitrogens with zero attached hydrogens (tertiary/aromatic N) is 3. The number of furan rings is 1. The fourth-order valence-electron chi connectivity index (χ4n) is 6.45. The van der Waals surface area contributed by atoms with E-state index in [1.165, 1.54) is 10.8 Å².